The van der Waals surface area contributed by atoms with Gasteiger partial charge in [-0.25, -0.2) is 0 Å². The van der Waals surface area contributed by atoms with E-state index in [1.54, 1.807) is 24.3 Å². The first-order chi connectivity index (χ1) is 10.6. The summed E-state index contributed by atoms with van der Waals surface area (Å²) in [5.41, 5.74) is 3.16. The van der Waals surface area contributed by atoms with Crippen molar-refractivity contribution in [1.82, 2.24) is 0 Å². The van der Waals surface area contributed by atoms with Crippen LogP contribution in [0.1, 0.15) is 21.5 Å². The molecule has 0 saturated heterocycles. The highest BCUT2D eigenvalue weighted by Gasteiger charge is 2.17. The van der Waals surface area contributed by atoms with Crippen molar-refractivity contribution >= 4 is 23.5 Å². The normalized spacial score (nSPS) is 13.4. The van der Waals surface area contributed by atoms with Crippen molar-refractivity contribution in [1.29, 1.82) is 0 Å². The van der Waals surface area contributed by atoms with Crippen molar-refractivity contribution in [2.45, 2.75) is 6.92 Å². The van der Waals surface area contributed by atoms with Crippen molar-refractivity contribution in [2.24, 2.45) is 0 Å². The quantitative estimate of drug-likeness (QED) is 0.698. The van der Waals surface area contributed by atoms with Gasteiger partial charge in [0, 0.05) is 5.56 Å². The molecule has 0 spiro atoms. The third kappa shape index (κ3) is 3.06. The van der Waals surface area contributed by atoms with E-state index in [-0.39, 0.29) is 18.3 Å². The molecule has 110 valence electrons. The van der Waals surface area contributed by atoms with Gasteiger partial charge < -0.3 is 10.1 Å². The first-order valence-corrected chi connectivity index (χ1v) is 6.97. The number of benzene rings is 2. The number of carbonyl (C=O) groups is 2. The molecule has 0 saturated carbocycles. The molecule has 0 atom stereocenters. The van der Waals surface area contributed by atoms with Crippen LogP contribution in [-0.2, 0) is 4.79 Å². The predicted molar refractivity (Wildman–Crippen MR) is 85.1 cm³/mol. The lowest BCUT2D eigenvalue weighted by atomic mass is 10.1. The number of ether oxygens (including phenoxy) is 1. The minimum Gasteiger partial charge on any atom is -0.482 e. The maximum atomic E-state index is 12.2. The van der Waals surface area contributed by atoms with E-state index < -0.39 is 0 Å². The summed E-state index contributed by atoms with van der Waals surface area (Å²) in [4.78, 5) is 23.5. The van der Waals surface area contributed by atoms with Gasteiger partial charge in [-0.2, -0.15) is 0 Å². The third-order valence-electron chi connectivity index (χ3n) is 3.37. The number of hydrogen-bond donors (Lipinski definition) is 1. The van der Waals surface area contributed by atoms with Gasteiger partial charge in [0.15, 0.2) is 12.4 Å². The van der Waals surface area contributed by atoms with Gasteiger partial charge in [-0.3, -0.25) is 9.59 Å². The fraction of sp³-hybridized carbons (Fsp3) is 0.111. The van der Waals surface area contributed by atoms with Crippen LogP contribution in [0.5, 0.6) is 5.75 Å². The van der Waals surface area contributed by atoms with E-state index in [1.165, 1.54) is 6.08 Å². The van der Waals surface area contributed by atoms with E-state index >= 15 is 0 Å². The fourth-order valence-electron chi connectivity index (χ4n) is 2.28. The summed E-state index contributed by atoms with van der Waals surface area (Å²) in [5, 5.41) is 2.70. The van der Waals surface area contributed by atoms with Crippen LogP contribution in [-0.4, -0.2) is 18.3 Å². The Morgan fingerprint density at radius 3 is 2.91 bits per heavy atom. The minimum absolute atomic E-state index is 0.00749. The van der Waals surface area contributed by atoms with Gasteiger partial charge in [-0.15, -0.1) is 0 Å². The molecule has 0 unspecified atom stereocenters. The van der Waals surface area contributed by atoms with Crippen molar-refractivity contribution < 1.29 is 14.3 Å². The molecule has 0 aliphatic carbocycles. The monoisotopic (exact) mass is 293 g/mol. The second-order valence-electron chi connectivity index (χ2n) is 5.16. The summed E-state index contributed by atoms with van der Waals surface area (Å²) in [5.74, 6) is 0.246. The number of allylic oxidation sites excluding steroid dienone is 1. The molecule has 0 fully saturated rings. The standard InChI is InChI=1S/C18H15NO3/c1-12-3-2-4-13(9-12)5-7-16(20)14-6-8-17-15(10-14)19-18(21)11-22-17/h2-10H,11H2,1H3,(H,19,21)/b7-5+. The summed E-state index contributed by atoms with van der Waals surface area (Å²) in [7, 11) is 0. The lowest BCUT2D eigenvalue weighted by molar-refractivity contribution is -0.118. The van der Waals surface area contributed by atoms with Gasteiger partial charge in [-0.05, 0) is 36.8 Å². The molecule has 1 aliphatic heterocycles. The van der Waals surface area contributed by atoms with Crippen LogP contribution in [0.3, 0.4) is 0 Å². The number of rotatable bonds is 3. The van der Waals surface area contributed by atoms with Crippen LogP contribution in [0.2, 0.25) is 0 Å². The Morgan fingerprint density at radius 2 is 2.09 bits per heavy atom. The lowest BCUT2D eigenvalue weighted by Gasteiger charge is -2.17. The smallest absolute Gasteiger partial charge is 0.262 e. The molecule has 2 aromatic carbocycles. The molecule has 0 bridgehead atoms. The number of fused-ring (bicyclic) bond motifs is 1. The van der Waals surface area contributed by atoms with Gasteiger partial charge in [0.2, 0.25) is 0 Å². The molecular weight excluding hydrogens is 278 g/mol. The topological polar surface area (TPSA) is 55.4 Å². The Morgan fingerprint density at radius 1 is 1.23 bits per heavy atom. The lowest BCUT2D eigenvalue weighted by Crippen LogP contribution is -2.25. The van der Waals surface area contributed by atoms with Crippen molar-refractivity contribution in [3.8, 4) is 5.75 Å². The molecule has 0 aromatic heterocycles. The average molecular weight is 293 g/mol. The van der Waals surface area contributed by atoms with E-state index in [1.807, 2.05) is 31.2 Å². The molecule has 1 heterocycles. The third-order valence-corrected chi connectivity index (χ3v) is 3.37. The highest BCUT2D eigenvalue weighted by molar-refractivity contribution is 6.08. The summed E-state index contributed by atoms with van der Waals surface area (Å²) in [6, 6.07) is 12.9. The van der Waals surface area contributed by atoms with Crippen LogP contribution < -0.4 is 10.1 Å². The molecule has 22 heavy (non-hydrogen) atoms. The SMILES string of the molecule is Cc1cccc(/C=C/C(=O)c2ccc3c(c2)NC(=O)CO3)c1. The van der Waals surface area contributed by atoms with Crippen LogP contribution in [0, 0.1) is 6.92 Å². The van der Waals surface area contributed by atoms with Gasteiger partial charge in [0.25, 0.3) is 5.91 Å². The van der Waals surface area contributed by atoms with Gasteiger partial charge >= 0.3 is 0 Å². The largest absolute Gasteiger partial charge is 0.482 e. The zero-order chi connectivity index (χ0) is 15.5. The molecule has 4 nitrogen and oxygen atoms in total. The molecule has 4 heteroatoms. The van der Waals surface area contributed by atoms with E-state index in [2.05, 4.69) is 5.32 Å². The highest BCUT2D eigenvalue weighted by Crippen LogP contribution is 2.28. The second-order valence-corrected chi connectivity index (χ2v) is 5.16. The zero-order valence-corrected chi connectivity index (χ0v) is 12.1. The number of amides is 1. The maximum absolute atomic E-state index is 12.2. The van der Waals surface area contributed by atoms with Crippen molar-refractivity contribution in [3.63, 3.8) is 0 Å². The van der Waals surface area contributed by atoms with Gasteiger partial charge in [0.05, 0.1) is 5.69 Å². The molecule has 1 N–H and O–H groups in total. The Labute approximate surface area is 128 Å². The van der Waals surface area contributed by atoms with E-state index in [9.17, 15) is 9.59 Å². The fourth-order valence-corrected chi connectivity index (χ4v) is 2.28. The minimum atomic E-state index is -0.215. The Hall–Kier alpha value is -2.88. The number of anilines is 1. The summed E-state index contributed by atoms with van der Waals surface area (Å²) in [6.45, 7) is 2.01. The van der Waals surface area contributed by atoms with E-state index in [0.29, 0.717) is 17.0 Å². The zero-order valence-electron chi connectivity index (χ0n) is 12.1. The number of carbonyl (C=O) groups excluding carboxylic acids is 2. The maximum Gasteiger partial charge on any atom is 0.262 e. The number of hydrogen-bond acceptors (Lipinski definition) is 3. The van der Waals surface area contributed by atoms with Crippen LogP contribution in [0.4, 0.5) is 5.69 Å². The van der Waals surface area contributed by atoms with Crippen LogP contribution in [0.15, 0.2) is 48.5 Å². The van der Waals surface area contributed by atoms with E-state index in [0.717, 1.165) is 11.1 Å². The molecule has 2 aromatic rings. The Balaban J connectivity index is 1.80. The summed E-state index contributed by atoms with van der Waals surface area (Å²) < 4.78 is 5.27. The van der Waals surface area contributed by atoms with Crippen molar-refractivity contribution in [3.05, 3.63) is 65.2 Å². The Kier molecular flexibility index (Phi) is 3.74. The van der Waals surface area contributed by atoms with E-state index in [4.69, 9.17) is 4.74 Å². The van der Waals surface area contributed by atoms with Gasteiger partial charge in [0.1, 0.15) is 5.75 Å². The summed E-state index contributed by atoms with van der Waals surface area (Å²) in [6.07, 6.45) is 3.31. The van der Waals surface area contributed by atoms with Crippen molar-refractivity contribution in [2.75, 3.05) is 11.9 Å². The molecule has 3 rings (SSSR count). The number of nitrogens with one attached hydrogen (secondary N) is 1. The molecule has 0 radical (unpaired) electrons. The highest BCUT2D eigenvalue weighted by atomic mass is 16.5. The van der Waals surface area contributed by atoms with Crippen LogP contribution in [0.25, 0.3) is 6.08 Å². The first kappa shape index (κ1) is 14.1. The molecule has 1 aliphatic rings. The molecule has 1 amide bonds. The van der Waals surface area contributed by atoms with Gasteiger partial charge in [-0.1, -0.05) is 35.9 Å². The number of aryl methyl sites for hydroxylation is 1. The predicted octanol–water partition coefficient (Wildman–Crippen LogP) is 3.22. The second kappa shape index (κ2) is 5.85. The van der Waals surface area contributed by atoms with Crippen LogP contribution >= 0.6 is 0 Å². The first-order valence-electron chi connectivity index (χ1n) is 6.97. The summed E-state index contributed by atoms with van der Waals surface area (Å²) >= 11 is 0. The average Bonchev–Trinajstić information content (AvgIpc) is 2.52. The molecular formula is C18H15NO3. The Bertz CT molecular complexity index is 778. The number of ketones is 1.